The smallest absolute Gasteiger partial charge is 0.255 e. The lowest BCUT2D eigenvalue weighted by molar-refractivity contribution is 0.0949. The van der Waals surface area contributed by atoms with Crippen LogP contribution < -0.4 is 5.32 Å². The third-order valence-corrected chi connectivity index (χ3v) is 3.06. The van der Waals surface area contributed by atoms with Gasteiger partial charge in [-0.1, -0.05) is 6.07 Å². The first kappa shape index (κ1) is 12.4. The maximum atomic E-state index is 12.0. The standard InChI is InChI=1S/C14H13N3O3/c1-8-5-11(9(2)19-8)14(18)15-7-10-3-4-12-13(6-10)17-20-16-12/h3-6H,7H2,1-2H3,(H,15,18). The van der Waals surface area contributed by atoms with Gasteiger partial charge in [0, 0.05) is 6.54 Å². The number of aromatic nitrogens is 2. The van der Waals surface area contributed by atoms with E-state index in [0.717, 1.165) is 11.3 Å². The van der Waals surface area contributed by atoms with Crippen LogP contribution >= 0.6 is 0 Å². The zero-order chi connectivity index (χ0) is 14.1. The Morgan fingerprint density at radius 2 is 2.00 bits per heavy atom. The Morgan fingerprint density at radius 3 is 2.75 bits per heavy atom. The summed E-state index contributed by atoms with van der Waals surface area (Å²) in [5.74, 6) is 1.19. The van der Waals surface area contributed by atoms with Crippen LogP contribution in [0.3, 0.4) is 0 Å². The largest absolute Gasteiger partial charge is 0.466 e. The Kier molecular flexibility index (Phi) is 2.98. The molecule has 0 bridgehead atoms. The fourth-order valence-corrected chi connectivity index (χ4v) is 2.07. The van der Waals surface area contributed by atoms with Gasteiger partial charge in [0.2, 0.25) is 0 Å². The van der Waals surface area contributed by atoms with Crippen molar-refractivity contribution in [2.75, 3.05) is 0 Å². The normalized spacial score (nSPS) is 10.9. The second kappa shape index (κ2) is 4.80. The second-order valence-corrected chi connectivity index (χ2v) is 4.60. The maximum absolute atomic E-state index is 12.0. The first-order chi connectivity index (χ1) is 9.63. The number of carbonyl (C=O) groups excluding carboxylic acids is 1. The summed E-state index contributed by atoms with van der Waals surface area (Å²) in [4.78, 5) is 12.0. The number of nitrogens with zero attached hydrogens (tertiary/aromatic N) is 2. The molecule has 0 saturated heterocycles. The van der Waals surface area contributed by atoms with E-state index < -0.39 is 0 Å². The number of furan rings is 1. The highest BCUT2D eigenvalue weighted by molar-refractivity contribution is 5.95. The number of fused-ring (bicyclic) bond motifs is 1. The molecule has 0 atom stereocenters. The van der Waals surface area contributed by atoms with Crippen LogP contribution in [-0.4, -0.2) is 16.2 Å². The van der Waals surface area contributed by atoms with Gasteiger partial charge in [-0.25, -0.2) is 4.63 Å². The first-order valence-electron chi connectivity index (χ1n) is 6.20. The highest BCUT2D eigenvalue weighted by Gasteiger charge is 2.13. The van der Waals surface area contributed by atoms with Crippen molar-refractivity contribution in [3.63, 3.8) is 0 Å². The summed E-state index contributed by atoms with van der Waals surface area (Å²) < 4.78 is 9.98. The van der Waals surface area contributed by atoms with Gasteiger partial charge in [-0.2, -0.15) is 0 Å². The van der Waals surface area contributed by atoms with Crippen LogP contribution in [0.2, 0.25) is 0 Å². The second-order valence-electron chi connectivity index (χ2n) is 4.60. The number of amides is 1. The van der Waals surface area contributed by atoms with Crippen LogP contribution in [-0.2, 0) is 6.54 Å². The minimum absolute atomic E-state index is 0.155. The van der Waals surface area contributed by atoms with E-state index >= 15 is 0 Å². The zero-order valence-electron chi connectivity index (χ0n) is 11.1. The predicted octanol–water partition coefficient (Wildman–Crippen LogP) is 2.36. The summed E-state index contributed by atoms with van der Waals surface area (Å²) in [5, 5.41) is 10.3. The Balaban J connectivity index is 1.72. The summed E-state index contributed by atoms with van der Waals surface area (Å²) in [7, 11) is 0. The molecule has 102 valence electrons. The summed E-state index contributed by atoms with van der Waals surface area (Å²) in [6.45, 7) is 4.00. The minimum Gasteiger partial charge on any atom is -0.466 e. The van der Waals surface area contributed by atoms with Crippen molar-refractivity contribution in [2.45, 2.75) is 20.4 Å². The predicted molar refractivity (Wildman–Crippen MR) is 71.2 cm³/mol. The summed E-state index contributed by atoms with van der Waals surface area (Å²) in [6.07, 6.45) is 0. The third-order valence-electron chi connectivity index (χ3n) is 3.06. The van der Waals surface area contributed by atoms with Gasteiger partial charge in [0.1, 0.15) is 22.6 Å². The van der Waals surface area contributed by atoms with Crippen molar-refractivity contribution in [1.82, 2.24) is 15.6 Å². The van der Waals surface area contributed by atoms with Crippen LogP contribution in [0.4, 0.5) is 0 Å². The van der Waals surface area contributed by atoms with Gasteiger partial charge in [-0.15, -0.1) is 0 Å². The lowest BCUT2D eigenvalue weighted by atomic mass is 10.2. The van der Waals surface area contributed by atoms with Crippen molar-refractivity contribution >= 4 is 16.9 Å². The molecule has 0 unspecified atom stereocenters. The van der Waals surface area contributed by atoms with E-state index in [9.17, 15) is 4.79 Å². The molecule has 0 radical (unpaired) electrons. The molecule has 2 aromatic heterocycles. The summed E-state index contributed by atoms with van der Waals surface area (Å²) >= 11 is 0. The van der Waals surface area contributed by atoms with Gasteiger partial charge >= 0.3 is 0 Å². The number of nitrogens with one attached hydrogen (secondary N) is 1. The molecule has 0 aliphatic heterocycles. The lowest BCUT2D eigenvalue weighted by Crippen LogP contribution is -2.22. The van der Waals surface area contributed by atoms with Crippen LogP contribution in [0, 0.1) is 13.8 Å². The molecular weight excluding hydrogens is 258 g/mol. The van der Waals surface area contributed by atoms with E-state index in [1.54, 1.807) is 19.1 Å². The van der Waals surface area contributed by atoms with E-state index in [2.05, 4.69) is 20.3 Å². The topological polar surface area (TPSA) is 81.2 Å². The summed E-state index contributed by atoms with van der Waals surface area (Å²) in [5.41, 5.74) is 2.86. The molecule has 0 spiro atoms. The monoisotopic (exact) mass is 271 g/mol. The van der Waals surface area contributed by atoms with E-state index in [0.29, 0.717) is 28.9 Å². The molecule has 2 heterocycles. The van der Waals surface area contributed by atoms with Crippen LogP contribution in [0.1, 0.15) is 27.4 Å². The Labute approximate surface area is 114 Å². The van der Waals surface area contributed by atoms with Crippen LogP contribution in [0.25, 0.3) is 11.0 Å². The highest BCUT2D eigenvalue weighted by Crippen LogP contribution is 2.14. The molecule has 20 heavy (non-hydrogen) atoms. The van der Waals surface area contributed by atoms with Crippen LogP contribution in [0.5, 0.6) is 0 Å². The average molecular weight is 271 g/mol. The van der Waals surface area contributed by atoms with E-state index in [1.165, 1.54) is 0 Å². The van der Waals surface area contributed by atoms with E-state index in [4.69, 9.17) is 4.42 Å². The number of rotatable bonds is 3. The molecule has 3 rings (SSSR count). The number of carbonyl (C=O) groups is 1. The van der Waals surface area contributed by atoms with Crippen molar-refractivity contribution in [1.29, 1.82) is 0 Å². The Morgan fingerprint density at radius 1 is 1.20 bits per heavy atom. The van der Waals surface area contributed by atoms with Gasteiger partial charge < -0.3 is 9.73 Å². The third kappa shape index (κ3) is 2.27. The molecule has 0 fully saturated rings. The summed E-state index contributed by atoms with van der Waals surface area (Å²) in [6, 6.07) is 7.25. The SMILES string of the molecule is Cc1cc(C(=O)NCc2ccc3nonc3c2)c(C)o1. The molecule has 0 saturated carbocycles. The molecule has 6 nitrogen and oxygen atoms in total. The van der Waals surface area contributed by atoms with Gasteiger partial charge in [-0.05, 0) is 47.9 Å². The van der Waals surface area contributed by atoms with E-state index in [-0.39, 0.29) is 5.91 Å². The van der Waals surface area contributed by atoms with Crippen molar-refractivity contribution in [3.05, 3.63) is 46.9 Å². The van der Waals surface area contributed by atoms with E-state index in [1.807, 2.05) is 19.1 Å². The van der Waals surface area contributed by atoms with Crippen molar-refractivity contribution < 1.29 is 13.8 Å². The average Bonchev–Trinajstić information content (AvgIpc) is 3.01. The van der Waals surface area contributed by atoms with Crippen molar-refractivity contribution in [3.8, 4) is 0 Å². The number of benzene rings is 1. The molecule has 6 heteroatoms. The van der Waals surface area contributed by atoms with Gasteiger partial charge in [0.05, 0.1) is 5.56 Å². The Hall–Kier alpha value is -2.63. The van der Waals surface area contributed by atoms with Crippen molar-refractivity contribution in [2.24, 2.45) is 0 Å². The quantitative estimate of drug-likeness (QED) is 0.790. The molecule has 0 aliphatic carbocycles. The molecule has 1 amide bonds. The molecule has 0 aliphatic rings. The number of aryl methyl sites for hydroxylation is 2. The fourth-order valence-electron chi connectivity index (χ4n) is 2.07. The number of hydrogen-bond acceptors (Lipinski definition) is 5. The lowest BCUT2D eigenvalue weighted by Gasteiger charge is -2.04. The molecule has 1 aromatic carbocycles. The van der Waals surface area contributed by atoms with Crippen LogP contribution in [0.15, 0.2) is 33.3 Å². The first-order valence-corrected chi connectivity index (χ1v) is 6.20. The minimum atomic E-state index is -0.155. The fraction of sp³-hybridized carbons (Fsp3) is 0.214. The molecular formula is C14H13N3O3. The van der Waals surface area contributed by atoms with Gasteiger partial charge in [0.15, 0.2) is 0 Å². The van der Waals surface area contributed by atoms with Gasteiger partial charge in [0.25, 0.3) is 5.91 Å². The molecule has 3 aromatic rings. The number of hydrogen-bond donors (Lipinski definition) is 1. The Bertz CT molecular complexity index is 773. The highest BCUT2D eigenvalue weighted by atomic mass is 16.6. The zero-order valence-corrected chi connectivity index (χ0v) is 11.1. The van der Waals surface area contributed by atoms with Gasteiger partial charge in [-0.3, -0.25) is 4.79 Å². The molecule has 1 N–H and O–H groups in total. The maximum Gasteiger partial charge on any atom is 0.255 e.